The first-order chi connectivity index (χ1) is 7.05. The van der Waals surface area contributed by atoms with Gasteiger partial charge in [-0.1, -0.05) is 6.92 Å². The van der Waals surface area contributed by atoms with Crippen molar-refractivity contribution in [1.82, 2.24) is 9.78 Å². The van der Waals surface area contributed by atoms with Gasteiger partial charge in [-0.05, 0) is 33.3 Å². The van der Waals surface area contributed by atoms with Crippen LogP contribution in [0.4, 0.5) is 0 Å². The number of hydrogen-bond donors (Lipinski definition) is 0. The first-order valence-electron chi connectivity index (χ1n) is 5.36. The molecule has 1 aromatic heterocycles. The van der Waals surface area contributed by atoms with E-state index in [-0.39, 0.29) is 5.41 Å². The number of aryl methyl sites for hydroxylation is 1. The minimum absolute atomic E-state index is 0.00295. The third-order valence-electron chi connectivity index (χ3n) is 3.18. The number of aliphatic imine (C=N–C) groups is 1. The number of nitrogens with zero attached hydrogens (tertiary/aromatic N) is 3. The van der Waals surface area contributed by atoms with Gasteiger partial charge in [0.15, 0.2) is 0 Å². The van der Waals surface area contributed by atoms with Gasteiger partial charge in [-0.25, -0.2) is 4.68 Å². The van der Waals surface area contributed by atoms with Crippen LogP contribution in [0.2, 0.25) is 0 Å². The summed E-state index contributed by atoms with van der Waals surface area (Å²) in [5, 5.41) is 4.52. The molecule has 0 aromatic carbocycles. The van der Waals surface area contributed by atoms with Crippen molar-refractivity contribution in [1.29, 1.82) is 0 Å². The molecule has 0 N–H and O–H groups in total. The van der Waals surface area contributed by atoms with Crippen molar-refractivity contribution in [3.05, 3.63) is 24.2 Å². The fourth-order valence-electron chi connectivity index (χ4n) is 1.70. The summed E-state index contributed by atoms with van der Waals surface area (Å²) in [6.45, 7) is 8.53. The quantitative estimate of drug-likeness (QED) is 0.727. The van der Waals surface area contributed by atoms with Crippen LogP contribution in [-0.4, -0.2) is 15.5 Å². The van der Waals surface area contributed by atoms with Crippen LogP contribution in [0.3, 0.4) is 0 Å². The molecule has 0 atom stereocenters. The SMILES string of the molecule is CCc1ccn(C2=CN=C(C)C2(C)C)n1. The Balaban J connectivity index is 2.35. The van der Waals surface area contributed by atoms with Crippen LogP contribution < -0.4 is 0 Å². The Kier molecular flexibility index (Phi) is 2.25. The molecule has 0 fully saturated rings. The number of rotatable bonds is 2. The smallest absolute Gasteiger partial charge is 0.0714 e. The van der Waals surface area contributed by atoms with Gasteiger partial charge in [-0.2, -0.15) is 5.10 Å². The summed E-state index contributed by atoms with van der Waals surface area (Å²) in [6.07, 6.45) is 4.91. The van der Waals surface area contributed by atoms with Gasteiger partial charge in [0.25, 0.3) is 0 Å². The molecule has 15 heavy (non-hydrogen) atoms. The van der Waals surface area contributed by atoms with Gasteiger partial charge >= 0.3 is 0 Å². The van der Waals surface area contributed by atoms with Crippen LogP contribution in [0.15, 0.2) is 23.5 Å². The van der Waals surface area contributed by atoms with E-state index in [1.165, 1.54) is 0 Å². The molecule has 1 aliphatic rings. The van der Waals surface area contributed by atoms with Crippen LogP contribution in [0.1, 0.15) is 33.4 Å². The topological polar surface area (TPSA) is 30.2 Å². The molecular weight excluding hydrogens is 186 g/mol. The molecule has 3 nitrogen and oxygen atoms in total. The summed E-state index contributed by atoms with van der Waals surface area (Å²) >= 11 is 0. The summed E-state index contributed by atoms with van der Waals surface area (Å²) in [6, 6.07) is 2.06. The summed E-state index contributed by atoms with van der Waals surface area (Å²) in [5.74, 6) is 0. The molecular formula is C12H17N3. The lowest BCUT2D eigenvalue weighted by atomic mass is 9.86. The molecule has 80 valence electrons. The van der Waals surface area contributed by atoms with Gasteiger partial charge < -0.3 is 0 Å². The van der Waals surface area contributed by atoms with Gasteiger partial charge in [0.2, 0.25) is 0 Å². The highest BCUT2D eigenvalue weighted by Crippen LogP contribution is 2.35. The van der Waals surface area contributed by atoms with Gasteiger partial charge in [0.05, 0.1) is 11.4 Å². The van der Waals surface area contributed by atoms with Crippen molar-refractivity contribution in [2.45, 2.75) is 34.1 Å². The second-order valence-electron chi connectivity index (χ2n) is 4.46. The van der Waals surface area contributed by atoms with E-state index in [4.69, 9.17) is 0 Å². The zero-order valence-corrected chi connectivity index (χ0v) is 9.78. The van der Waals surface area contributed by atoms with Crippen LogP contribution in [0, 0.1) is 5.41 Å². The minimum atomic E-state index is -0.00295. The number of allylic oxidation sites excluding steroid dienone is 1. The Morgan fingerprint density at radius 2 is 2.13 bits per heavy atom. The molecule has 3 heteroatoms. The second-order valence-corrected chi connectivity index (χ2v) is 4.46. The zero-order chi connectivity index (χ0) is 11.1. The molecule has 1 aliphatic heterocycles. The van der Waals surface area contributed by atoms with Crippen LogP contribution >= 0.6 is 0 Å². The van der Waals surface area contributed by atoms with Gasteiger partial charge in [-0.3, -0.25) is 4.99 Å². The predicted octanol–water partition coefficient (Wildman–Crippen LogP) is 2.74. The van der Waals surface area contributed by atoms with E-state index in [2.05, 4.69) is 43.9 Å². The van der Waals surface area contributed by atoms with Crippen LogP contribution in [0.5, 0.6) is 0 Å². The standard InChI is InChI=1S/C12H17N3/c1-5-10-6-7-15(14-10)11-8-13-9(2)12(11,3)4/h6-8H,5H2,1-4H3. The predicted molar refractivity (Wildman–Crippen MR) is 62.8 cm³/mol. The highest BCUT2D eigenvalue weighted by Gasteiger charge is 2.32. The third-order valence-corrected chi connectivity index (χ3v) is 3.18. The first kappa shape index (κ1) is 10.1. The van der Waals surface area contributed by atoms with Gasteiger partial charge in [0.1, 0.15) is 0 Å². The average molecular weight is 203 g/mol. The Bertz CT molecular complexity index is 435. The zero-order valence-electron chi connectivity index (χ0n) is 9.78. The fourth-order valence-corrected chi connectivity index (χ4v) is 1.70. The Morgan fingerprint density at radius 1 is 1.40 bits per heavy atom. The first-order valence-corrected chi connectivity index (χ1v) is 5.36. The van der Waals surface area contributed by atoms with Crippen molar-refractivity contribution >= 4 is 11.4 Å². The molecule has 1 aromatic rings. The van der Waals surface area contributed by atoms with Crippen molar-refractivity contribution in [2.24, 2.45) is 10.4 Å². The molecule has 0 saturated heterocycles. The van der Waals surface area contributed by atoms with E-state index < -0.39 is 0 Å². The van der Waals surface area contributed by atoms with E-state index in [0.717, 1.165) is 23.5 Å². The maximum atomic E-state index is 4.52. The molecule has 0 radical (unpaired) electrons. The van der Waals surface area contributed by atoms with E-state index in [1.54, 1.807) is 0 Å². The van der Waals surface area contributed by atoms with E-state index in [9.17, 15) is 0 Å². The number of aromatic nitrogens is 2. The third kappa shape index (κ3) is 1.52. The van der Waals surface area contributed by atoms with Crippen LogP contribution in [0.25, 0.3) is 5.70 Å². The maximum absolute atomic E-state index is 4.52. The minimum Gasteiger partial charge on any atom is -0.263 e. The molecule has 0 bridgehead atoms. The lowest BCUT2D eigenvalue weighted by Gasteiger charge is -2.22. The molecule has 0 saturated carbocycles. The van der Waals surface area contributed by atoms with Gasteiger partial charge in [0, 0.05) is 23.5 Å². The molecule has 0 unspecified atom stereocenters. The molecule has 2 heterocycles. The Labute approximate surface area is 90.5 Å². The molecule has 0 amide bonds. The van der Waals surface area contributed by atoms with Crippen LogP contribution in [-0.2, 0) is 6.42 Å². The van der Waals surface area contributed by atoms with Crippen molar-refractivity contribution < 1.29 is 0 Å². The largest absolute Gasteiger partial charge is 0.263 e. The van der Waals surface area contributed by atoms with Crippen molar-refractivity contribution in [2.75, 3.05) is 0 Å². The summed E-state index contributed by atoms with van der Waals surface area (Å²) in [5.41, 5.74) is 3.42. The fraction of sp³-hybridized carbons (Fsp3) is 0.500. The van der Waals surface area contributed by atoms with Crippen molar-refractivity contribution in [3.8, 4) is 0 Å². The highest BCUT2D eigenvalue weighted by molar-refractivity contribution is 5.99. The highest BCUT2D eigenvalue weighted by atomic mass is 15.3. The normalized spacial score (nSPS) is 18.9. The summed E-state index contributed by atoms with van der Waals surface area (Å²) < 4.78 is 1.94. The Hall–Kier alpha value is -1.38. The van der Waals surface area contributed by atoms with Gasteiger partial charge in [-0.15, -0.1) is 0 Å². The lowest BCUT2D eigenvalue weighted by Crippen LogP contribution is -2.23. The van der Waals surface area contributed by atoms with Crippen molar-refractivity contribution in [3.63, 3.8) is 0 Å². The molecule has 0 spiro atoms. The number of hydrogen-bond acceptors (Lipinski definition) is 2. The molecule has 2 rings (SSSR count). The lowest BCUT2D eigenvalue weighted by molar-refractivity contribution is 0.642. The van der Waals surface area contributed by atoms with E-state index in [0.29, 0.717) is 0 Å². The molecule has 0 aliphatic carbocycles. The average Bonchev–Trinajstić information content (AvgIpc) is 2.74. The van der Waals surface area contributed by atoms with E-state index >= 15 is 0 Å². The monoisotopic (exact) mass is 203 g/mol. The summed E-state index contributed by atoms with van der Waals surface area (Å²) in [4.78, 5) is 4.38. The second kappa shape index (κ2) is 3.33. The summed E-state index contributed by atoms with van der Waals surface area (Å²) in [7, 11) is 0. The van der Waals surface area contributed by atoms with E-state index in [1.807, 2.05) is 17.1 Å². The maximum Gasteiger partial charge on any atom is 0.0714 e. The Morgan fingerprint density at radius 3 is 2.60 bits per heavy atom.